The van der Waals surface area contributed by atoms with Crippen LogP contribution in [0.5, 0.6) is 0 Å². The van der Waals surface area contributed by atoms with E-state index in [1.165, 1.54) is 0 Å². The first kappa shape index (κ1) is 23.0. The quantitative estimate of drug-likeness (QED) is 0.226. The molecule has 0 aromatic heterocycles. The van der Waals surface area contributed by atoms with E-state index in [1.54, 1.807) is 6.26 Å². The van der Waals surface area contributed by atoms with E-state index in [4.69, 9.17) is 14.4 Å². The molecule has 0 aromatic rings. The molecule has 1 N–H and O–H groups in total. The predicted molar refractivity (Wildman–Crippen MR) is 31.4 cm³/mol. The van der Waals surface area contributed by atoms with E-state index in [2.05, 4.69) is 12.6 Å². The van der Waals surface area contributed by atoms with Gasteiger partial charge in [-0.05, 0) is 12.6 Å². The van der Waals surface area contributed by atoms with Gasteiger partial charge in [-0.3, -0.25) is 0 Å². The van der Waals surface area contributed by atoms with Crippen LogP contribution >= 0.6 is 8.25 Å². The first-order chi connectivity index (χ1) is 2.73. The molecule has 0 amide bonds. The average Bonchev–Trinajstić information content (AvgIpc) is 1.41. The van der Waals surface area contributed by atoms with E-state index in [1.807, 2.05) is 0 Å². The zero-order valence-corrected chi connectivity index (χ0v) is 7.63. The monoisotopic (exact) mass is 169 g/mol. The summed E-state index contributed by atoms with van der Waals surface area (Å²) in [6.45, 7) is 0. The third-order valence-electron chi connectivity index (χ3n) is 0. The molecular weight excluding hydrogens is 163 g/mol. The van der Waals surface area contributed by atoms with Gasteiger partial charge >= 0.3 is 23.1 Å². The van der Waals surface area contributed by atoms with Crippen molar-refractivity contribution < 1.29 is 19.8 Å². The van der Waals surface area contributed by atoms with E-state index in [9.17, 15) is 0 Å². The van der Waals surface area contributed by atoms with Gasteiger partial charge in [0.1, 0.15) is 0 Å². The molecule has 0 heterocycles. The zero-order valence-electron chi connectivity index (χ0n) is 4.33. The van der Waals surface area contributed by atoms with Crippen LogP contribution in [0.2, 0.25) is 0 Å². The van der Waals surface area contributed by atoms with Crippen LogP contribution in [-0.4, -0.2) is 34.8 Å². The summed E-state index contributed by atoms with van der Waals surface area (Å²) in [5.74, 6) is 0. The van der Waals surface area contributed by atoms with Gasteiger partial charge in [-0.15, -0.1) is 0 Å². The Labute approximate surface area is 70.1 Å². The summed E-state index contributed by atoms with van der Waals surface area (Å²) in [4.78, 5) is 17.0. The Kier molecular flexibility index (Phi) is 69.7. The molecule has 0 aliphatic heterocycles. The van der Waals surface area contributed by atoms with Gasteiger partial charge in [0.2, 0.25) is 0 Å². The topological polar surface area (TPSA) is 93.2 Å². The molecule has 0 bridgehead atoms. The molecule has 0 saturated heterocycles. The van der Waals surface area contributed by atoms with Crippen LogP contribution in [0.15, 0.2) is 0 Å². The summed E-state index contributed by atoms with van der Waals surface area (Å²) in [6.07, 6.45) is 1.81. The zero-order chi connectivity index (χ0) is 5.58. The Morgan fingerprint density at radius 1 is 1.38 bits per heavy atom. The fourth-order valence-electron chi connectivity index (χ4n) is 0. The molecule has 8 heavy (non-hydrogen) atoms. The molecule has 0 radical (unpaired) electrons. The van der Waals surface area contributed by atoms with E-state index >= 15 is 0 Å². The minimum absolute atomic E-state index is 0. The molecule has 0 atom stereocenters. The third-order valence-corrected chi connectivity index (χ3v) is 0. The molecule has 0 rings (SSSR count). The molecule has 0 aliphatic carbocycles. The van der Waals surface area contributed by atoms with Crippen LogP contribution in [0.25, 0.3) is 0 Å². The summed E-state index contributed by atoms with van der Waals surface area (Å²) in [5.41, 5.74) is 0. The van der Waals surface area contributed by atoms with Gasteiger partial charge in [-0.2, -0.15) is 0 Å². The van der Waals surface area contributed by atoms with Crippen molar-refractivity contribution in [2.75, 3.05) is 6.26 Å². The van der Waals surface area contributed by atoms with Crippen molar-refractivity contribution >= 4 is 43.9 Å². The molecule has 0 saturated carbocycles. The summed E-state index contributed by atoms with van der Waals surface area (Å²) < 4.78 is 8.48. The first-order valence-corrected chi connectivity index (χ1v) is 3.14. The van der Waals surface area contributed by atoms with Gasteiger partial charge in [0.15, 0.2) is 0 Å². The maximum Gasteiger partial charge on any atom is 2.00 e. The summed E-state index contributed by atoms with van der Waals surface area (Å²) in [5, 5.41) is 0. The van der Waals surface area contributed by atoms with E-state index in [-0.39, 0.29) is 28.5 Å². The van der Waals surface area contributed by atoms with Crippen LogP contribution in [0.1, 0.15) is 0 Å². The SMILES string of the molecule is C[SH2+].O=[P+]([O-])[O-].[Mg+2].[OH-]. The largest absolute Gasteiger partial charge is 2.00 e. The van der Waals surface area contributed by atoms with E-state index < -0.39 is 8.25 Å². The fourth-order valence-corrected chi connectivity index (χ4v) is 0. The van der Waals surface area contributed by atoms with Gasteiger partial charge in [-0.25, -0.2) is 0 Å². The van der Waals surface area contributed by atoms with Crippen LogP contribution in [0.3, 0.4) is 0 Å². The maximum atomic E-state index is 8.48. The Balaban J connectivity index is -0.0000000183. The Morgan fingerprint density at radius 2 is 1.38 bits per heavy atom. The Hall–Kier alpha value is 1.10. The van der Waals surface area contributed by atoms with Crippen molar-refractivity contribution in [3.63, 3.8) is 0 Å². The summed E-state index contributed by atoms with van der Waals surface area (Å²) in [7, 11) is -3.37. The minimum Gasteiger partial charge on any atom is -0.870 e. The fraction of sp³-hybridized carbons (Fsp3) is 1.00. The molecule has 0 fully saturated rings. The smallest absolute Gasteiger partial charge is 0.870 e. The second kappa shape index (κ2) is 24.3. The summed E-state index contributed by atoms with van der Waals surface area (Å²) in [6, 6.07) is 0. The molecule has 0 unspecified atom stereocenters. The van der Waals surface area contributed by atoms with Crippen molar-refractivity contribution in [2.24, 2.45) is 0 Å². The minimum atomic E-state index is -3.37. The van der Waals surface area contributed by atoms with Gasteiger partial charge in [0.25, 0.3) is 8.25 Å². The number of hydrogen-bond acceptors (Lipinski definition) is 4. The Bertz CT molecular complexity index is 39.0. The second-order valence-electron chi connectivity index (χ2n) is 0.224. The van der Waals surface area contributed by atoms with Crippen LogP contribution in [0.4, 0.5) is 0 Å². The van der Waals surface area contributed by atoms with Crippen LogP contribution in [0, 0.1) is 0 Å². The van der Waals surface area contributed by atoms with Crippen LogP contribution in [-0.2, 0) is 17.2 Å². The summed E-state index contributed by atoms with van der Waals surface area (Å²) >= 11 is 2.97. The molecule has 0 aromatic carbocycles. The molecule has 46 valence electrons. The van der Waals surface area contributed by atoms with E-state index in [0.717, 1.165) is 0 Å². The maximum absolute atomic E-state index is 8.48. The predicted octanol–water partition coefficient (Wildman–Crippen LogP) is -2.57. The second-order valence-corrected chi connectivity index (χ2v) is 0.671. The van der Waals surface area contributed by atoms with Crippen molar-refractivity contribution in [3.8, 4) is 0 Å². The van der Waals surface area contributed by atoms with Crippen molar-refractivity contribution in [1.29, 1.82) is 0 Å². The third kappa shape index (κ3) is 219. The number of hydrogen-bond donors (Lipinski definition) is 0. The Morgan fingerprint density at radius 3 is 1.38 bits per heavy atom. The van der Waals surface area contributed by atoms with E-state index in [0.29, 0.717) is 0 Å². The van der Waals surface area contributed by atoms with Crippen molar-refractivity contribution in [2.45, 2.75) is 0 Å². The van der Waals surface area contributed by atoms with Crippen molar-refractivity contribution in [1.82, 2.24) is 0 Å². The molecule has 4 nitrogen and oxygen atoms in total. The average molecular weight is 169 g/mol. The number of rotatable bonds is 0. The van der Waals surface area contributed by atoms with Gasteiger partial charge < -0.3 is 15.3 Å². The first-order valence-electron chi connectivity index (χ1n) is 1.05. The van der Waals surface area contributed by atoms with Crippen molar-refractivity contribution in [3.05, 3.63) is 0 Å². The van der Waals surface area contributed by atoms with Gasteiger partial charge in [0, 0.05) is 0 Å². The molecular formula is CH6MgO4PS+. The van der Waals surface area contributed by atoms with Gasteiger partial charge in [-0.1, -0.05) is 4.57 Å². The van der Waals surface area contributed by atoms with Crippen LogP contribution < -0.4 is 9.79 Å². The standard InChI is InChI=1S/CH4S.Mg.HO3P.H2O/c1-2;;1-4(2)3;/h2H,1H3;;(H,1,2,3);1H2/q;+2;;/p-1. The van der Waals surface area contributed by atoms with Gasteiger partial charge in [0.05, 0.1) is 6.26 Å². The molecule has 0 aliphatic rings. The molecule has 7 heteroatoms. The molecule has 0 spiro atoms. The normalized spacial score (nSPS) is 4.00.